The van der Waals surface area contributed by atoms with E-state index >= 15 is 0 Å². The molecular weight excluding hydrogens is 408 g/mol. The van der Waals surface area contributed by atoms with E-state index in [9.17, 15) is 19.7 Å². The van der Waals surface area contributed by atoms with E-state index in [0.717, 1.165) is 5.56 Å². The van der Waals surface area contributed by atoms with Crippen LogP contribution in [0, 0.1) is 10.1 Å². The summed E-state index contributed by atoms with van der Waals surface area (Å²) in [6.07, 6.45) is 0. The van der Waals surface area contributed by atoms with E-state index in [2.05, 4.69) is 5.32 Å². The van der Waals surface area contributed by atoms with Crippen LogP contribution in [0.2, 0.25) is 5.02 Å². The average molecular weight is 431 g/mol. The number of anilines is 1. The minimum Gasteiger partial charge on any atom is -0.362 e. The Labute approximate surface area is 179 Å². The van der Waals surface area contributed by atoms with E-state index in [1.165, 1.54) is 13.0 Å². The van der Waals surface area contributed by atoms with Crippen molar-refractivity contribution in [2.24, 2.45) is 0 Å². The van der Waals surface area contributed by atoms with Crippen molar-refractivity contribution in [3.8, 4) is 0 Å². The summed E-state index contributed by atoms with van der Waals surface area (Å²) >= 11 is 6.18. The molecule has 0 spiro atoms. The van der Waals surface area contributed by atoms with Crippen LogP contribution in [0.3, 0.4) is 0 Å². The second-order valence-electron chi connectivity index (χ2n) is 7.17. The molecule has 1 saturated heterocycles. The number of amides is 2. The number of rotatable bonds is 5. The van der Waals surface area contributed by atoms with Crippen molar-refractivity contribution in [2.75, 3.05) is 31.1 Å². The van der Waals surface area contributed by atoms with Gasteiger partial charge in [-0.3, -0.25) is 19.7 Å². The van der Waals surface area contributed by atoms with E-state index in [-0.39, 0.29) is 23.2 Å². The lowest BCUT2D eigenvalue weighted by molar-refractivity contribution is -0.384. The van der Waals surface area contributed by atoms with Gasteiger partial charge in [0.15, 0.2) is 0 Å². The van der Waals surface area contributed by atoms with Crippen LogP contribution in [0.4, 0.5) is 11.4 Å². The second-order valence-corrected chi connectivity index (χ2v) is 7.58. The van der Waals surface area contributed by atoms with Gasteiger partial charge in [-0.05, 0) is 30.7 Å². The van der Waals surface area contributed by atoms with Crippen molar-refractivity contribution in [1.82, 2.24) is 10.2 Å². The summed E-state index contributed by atoms with van der Waals surface area (Å²) in [5.74, 6) is -0.428. The normalized spacial score (nSPS) is 14.9. The van der Waals surface area contributed by atoms with Gasteiger partial charge in [-0.1, -0.05) is 29.8 Å². The maximum Gasteiger partial charge on any atom is 0.293 e. The molecule has 3 rings (SSSR count). The molecule has 1 aliphatic rings. The molecule has 2 aromatic rings. The fourth-order valence-corrected chi connectivity index (χ4v) is 3.82. The first-order valence-corrected chi connectivity index (χ1v) is 10.00. The molecule has 1 aliphatic heterocycles. The monoisotopic (exact) mass is 430 g/mol. The molecule has 1 fully saturated rings. The van der Waals surface area contributed by atoms with Crippen molar-refractivity contribution in [3.63, 3.8) is 0 Å². The maximum absolute atomic E-state index is 12.7. The summed E-state index contributed by atoms with van der Waals surface area (Å²) in [6, 6.07) is 11.3. The van der Waals surface area contributed by atoms with Crippen LogP contribution in [0.15, 0.2) is 42.5 Å². The molecule has 2 amide bonds. The number of nitrogens with zero attached hydrogens (tertiary/aromatic N) is 3. The van der Waals surface area contributed by atoms with Gasteiger partial charge in [0.1, 0.15) is 5.69 Å². The molecule has 0 radical (unpaired) electrons. The molecule has 158 valence electrons. The van der Waals surface area contributed by atoms with Crippen molar-refractivity contribution in [1.29, 1.82) is 0 Å². The maximum atomic E-state index is 12.7. The number of hydrogen-bond acceptors (Lipinski definition) is 5. The minimum atomic E-state index is -0.485. The van der Waals surface area contributed by atoms with Gasteiger partial charge >= 0.3 is 0 Å². The Kier molecular flexibility index (Phi) is 6.56. The summed E-state index contributed by atoms with van der Waals surface area (Å²) in [6.45, 7) is 5.31. The highest BCUT2D eigenvalue weighted by Crippen LogP contribution is 2.30. The van der Waals surface area contributed by atoms with Crippen LogP contribution < -0.4 is 10.2 Å². The first-order chi connectivity index (χ1) is 14.3. The van der Waals surface area contributed by atoms with E-state index < -0.39 is 10.8 Å². The first-order valence-electron chi connectivity index (χ1n) is 9.62. The quantitative estimate of drug-likeness (QED) is 0.579. The predicted molar refractivity (Wildman–Crippen MR) is 115 cm³/mol. The highest BCUT2D eigenvalue weighted by Gasteiger charge is 2.26. The number of carbonyl (C=O) groups is 2. The van der Waals surface area contributed by atoms with Crippen molar-refractivity contribution in [2.45, 2.75) is 19.9 Å². The number of halogens is 1. The van der Waals surface area contributed by atoms with Crippen molar-refractivity contribution >= 4 is 34.8 Å². The van der Waals surface area contributed by atoms with Gasteiger partial charge in [0, 0.05) is 49.8 Å². The van der Waals surface area contributed by atoms with Crippen molar-refractivity contribution < 1.29 is 14.5 Å². The molecule has 0 aromatic heterocycles. The smallest absolute Gasteiger partial charge is 0.293 e. The topological polar surface area (TPSA) is 95.8 Å². The third-order valence-electron chi connectivity index (χ3n) is 5.22. The minimum absolute atomic E-state index is 0.0104. The van der Waals surface area contributed by atoms with Crippen molar-refractivity contribution in [3.05, 3.63) is 68.7 Å². The van der Waals surface area contributed by atoms with Gasteiger partial charge in [-0.15, -0.1) is 0 Å². The Morgan fingerprint density at radius 2 is 1.80 bits per heavy atom. The largest absolute Gasteiger partial charge is 0.362 e. The zero-order chi connectivity index (χ0) is 21.8. The van der Waals surface area contributed by atoms with Gasteiger partial charge in [0.05, 0.1) is 11.0 Å². The lowest BCUT2D eigenvalue weighted by Crippen LogP contribution is -2.48. The third kappa shape index (κ3) is 4.71. The van der Waals surface area contributed by atoms with Crippen LogP contribution in [-0.4, -0.2) is 47.8 Å². The van der Waals surface area contributed by atoms with Crippen LogP contribution >= 0.6 is 11.6 Å². The summed E-state index contributed by atoms with van der Waals surface area (Å²) < 4.78 is 0. The summed E-state index contributed by atoms with van der Waals surface area (Å²) in [5.41, 5.74) is 1.27. The lowest BCUT2D eigenvalue weighted by Gasteiger charge is -2.35. The molecule has 2 aromatic carbocycles. The molecule has 1 heterocycles. The summed E-state index contributed by atoms with van der Waals surface area (Å²) in [7, 11) is 0. The fourth-order valence-electron chi connectivity index (χ4n) is 3.52. The second kappa shape index (κ2) is 9.13. The number of piperazine rings is 1. The molecule has 8 nitrogen and oxygen atoms in total. The molecular formula is C21H23ClN4O4. The van der Waals surface area contributed by atoms with E-state index in [4.69, 9.17) is 11.6 Å². The molecule has 1 atom stereocenters. The van der Waals surface area contributed by atoms with Gasteiger partial charge in [-0.25, -0.2) is 0 Å². The van der Waals surface area contributed by atoms with E-state index in [1.54, 1.807) is 36.1 Å². The Morgan fingerprint density at radius 3 is 2.40 bits per heavy atom. The van der Waals surface area contributed by atoms with Gasteiger partial charge < -0.3 is 15.1 Å². The predicted octanol–water partition coefficient (Wildman–Crippen LogP) is 3.41. The van der Waals surface area contributed by atoms with Gasteiger partial charge in [0.25, 0.3) is 11.6 Å². The van der Waals surface area contributed by atoms with E-state index in [0.29, 0.717) is 36.9 Å². The lowest BCUT2D eigenvalue weighted by atomic mass is 10.1. The highest BCUT2D eigenvalue weighted by atomic mass is 35.5. The molecule has 0 aliphatic carbocycles. The highest BCUT2D eigenvalue weighted by molar-refractivity contribution is 6.31. The Hall–Kier alpha value is -3.13. The SMILES string of the molecule is CC(=O)N1CCN(c2ccc(C(=O)N[C@@H](C)c3ccccc3Cl)cc2[N+](=O)[O-])CC1. The number of carbonyl (C=O) groups excluding carboxylic acids is 2. The molecule has 30 heavy (non-hydrogen) atoms. The molecule has 9 heteroatoms. The van der Waals surface area contributed by atoms with Crippen LogP contribution in [0.25, 0.3) is 0 Å². The number of nitro groups is 1. The number of hydrogen-bond donors (Lipinski definition) is 1. The Balaban J connectivity index is 1.78. The Morgan fingerprint density at radius 1 is 1.13 bits per heavy atom. The third-order valence-corrected chi connectivity index (χ3v) is 5.56. The number of nitrogens with one attached hydrogen (secondary N) is 1. The summed E-state index contributed by atoms with van der Waals surface area (Å²) in [4.78, 5) is 38.9. The number of nitro benzene ring substituents is 1. The summed E-state index contributed by atoms with van der Waals surface area (Å²) in [5, 5.41) is 15.0. The van der Waals surface area contributed by atoms with Gasteiger partial charge in [0.2, 0.25) is 5.91 Å². The molecule has 0 unspecified atom stereocenters. The zero-order valence-electron chi connectivity index (χ0n) is 16.8. The van der Waals surface area contributed by atoms with Gasteiger partial charge in [-0.2, -0.15) is 0 Å². The molecule has 1 N–H and O–H groups in total. The zero-order valence-corrected chi connectivity index (χ0v) is 17.6. The standard InChI is InChI=1S/C21H23ClN4O4/c1-14(17-5-3-4-6-18(17)22)23-21(28)16-7-8-19(20(13-16)26(29)30)25-11-9-24(10-12-25)15(2)27/h3-8,13-14H,9-12H2,1-2H3,(H,23,28)/t14-/m0/s1. The van der Waals surface area contributed by atoms with Crippen LogP contribution in [0.5, 0.6) is 0 Å². The fraction of sp³-hybridized carbons (Fsp3) is 0.333. The van der Waals surface area contributed by atoms with E-state index in [1.807, 2.05) is 17.0 Å². The first kappa shape index (κ1) is 21.6. The Bertz CT molecular complexity index is 973. The van der Waals surface area contributed by atoms with Crippen LogP contribution in [-0.2, 0) is 4.79 Å². The number of benzene rings is 2. The van der Waals surface area contributed by atoms with Crippen LogP contribution in [0.1, 0.15) is 35.8 Å². The average Bonchev–Trinajstić information content (AvgIpc) is 2.73. The molecule has 0 bridgehead atoms. The molecule has 0 saturated carbocycles.